The van der Waals surface area contributed by atoms with Gasteiger partial charge in [-0.15, -0.1) is 0 Å². The van der Waals surface area contributed by atoms with Crippen LogP contribution >= 0.6 is 23.8 Å². The zero-order valence-electron chi connectivity index (χ0n) is 9.81. The van der Waals surface area contributed by atoms with Crippen LogP contribution in [0.5, 0.6) is 0 Å². The van der Waals surface area contributed by atoms with E-state index in [1.54, 1.807) is 18.2 Å². The zero-order chi connectivity index (χ0) is 13.8. The van der Waals surface area contributed by atoms with Crippen LogP contribution in [0, 0.1) is 0 Å². The van der Waals surface area contributed by atoms with E-state index in [0.717, 1.165) is 5.56 Å². The van der Waals surface area contributed by atoms with Crippen LogP contribution in [-0.4, -0.2) is 21.1 Å². The number of aromatic nitrogens is 2. The SMILES string of the molecule is NC(=S)c1cn[nH]c1NC(=O)Cc1cccc(Cl)c1. The topological polar surface area (TPSA) is 83.8 Å². The monoisotopic (exact) mass is 294 g/mol. The number of halogens is 1. The Morgan fingerprint density at radius 1 is 1.53 bits per heavy atom. The van der Waals surface area contributed by atoms with Crippen LogP contribution in [0.25, 0.3) is 0 Å². The second-order valence-electron chi connectivity index (χ2n) is 3.88. The van der Waals surface area contributed by atoms with Gasteiger partial charge in [-0.2, -0.15) is 5.10 Å². The van der Waals surface area contributed by atoms with Crippen molar-refractivity contribution >= 4 is 40.5 Å². The smallest absolute Gasteiger partial charge is 0.229 e. The molecule has 0 radical (unpaired) electrons. The van der Waals surface area contributed by atoms with E-state index < -0.39 is 0 Å². The fourth-order valence-electron chi connectivity index (χ4n) is 1.58. The van der Waals surface area contributed by atoms with Gasteiger partial charge in [0.1, 0.15) is 10.8 Å². The molecule has 98 valence electrons. The molecule has 0 saturated heterocycles. The first-order valence-electron chi connectivity index (χ1n) is 5.43. The highest BCUT2D eigenvalue weighted by atomic mass is 35.5. The molecule has 0 aliphatic heterocycles. The molecule has 0 spiro atoms. The highest BCUT2D eigenvalue weighted by Crippen LogP contribution is 2.13. The van der Waals surface area contributed by atoms with E-state index in [-0.39, 0.29) is 17.3 Å². The van der Waals surface area contributed by atoms with Crippen molar-refractivity contribution in [2.24, 2.45) is 5.73 Å². The molecule has 0 aliphatic rings. The summed E-state index contributed by atoms with van der Waals surface area (Å²) in [6.45, 7) is 0. The third-order valence-corrected chi connectivity index (χ3v) is 2.88. The van der Waals surface area contributed by atoms with Crippen LogP contribution < -0.4 is 11.1 Å². The van der Waals surface area contributed by atoms with Crippen LogP contribution in [0.4, 0.5) is 5.82 Å². The Labute approximate surface area is 120 Å². The third kappa shape index (κ3) is 3.52. The second kappa shape index (κ2) is 5.81. The fraction of sp³-hybridized carbons (Fsp3) is 0.0833. The number of hydrogen-bond acceptors (Lipinski definition) is 3. The molecule has 1 aromatic carbocycles. The summed E-state index contributed by atoms with van der Waals surface area (Å²) < 4.78 is 0. The maximum Gasteiger partial charge on any atom is 0.229 e. The first kappa shape index (κ1) is 13.5. The summed E-state index contributed by atoms with van der Waals surface area (Å²) in [6.07, 6.45) is 1.67. The molecular weight excluding hydrogens is 284 g/mol. The number of thiocarbonyl (C=S) groups is 1. The van der Waals surface area contributed by atoms with Crippen LogP contribution in [-0.2, 0) is 11.2 Å². The van der Waals surface area contributed by atoms with Crippen LogP contribution in [0.15, 0.2) is 30.5 Å². The van der Waals surface area contributed by atoms with Gasteiger partial charge in [-0.3, -0.25) is 9.89 Å². The number of anilines is 1. The predicted molar refractivity (Wildman–Crippen MR) is 78.3 cm³/mol. The number of amides is 1. The van der Waals surface area contributed by atoms with Crippen molar-refractivity contribution in [2.45, 2.75) is 6.42 Å². The van der Waals surface area contributed by atoms with E-state index in [1.807, 2.05) is 6.07 Å². The summed E-state index contributed by atoms with van der Waals surface area (Å²) in [5, 5.41) is 9.69. The number of rotatable bonds is 4. The molecule has 7 heteroatoms. The molecule has 0 unspecified atom stereocenters. The number of benzene rings is 1. The van der Waals surface area contributed by atoms with Gasteiger partial charge in [-0.05, 0) is 17.7 Å². The maximum atomic E-state index is 11.9. The average Bonchev–Trinajstić information content (AvgIpc) is 2.76. The van der Waals surface area contributed by atoms with Gasteiger partial charge < -0.3 is 11.1 Å². The first-order chi connectivity index (χ1) is 9.06. The minimum atomic E-state index is -0.205. The van der Waals surface area contributed by atoms with Gasteiger partial charge in [0.25, 0.3) is 0 Å². The van der Waals surface area contributed by atoms with Crippen molar-refractivity contribution < 1.29 is 4.79 Å². The normalized spacial score (nSPS) is 10.2. The van der Waals surface area contributed by atoms with E-state index in [0.29, 0.717) is 16.4 Å². The molecular formula is C12H11ClN4OS. The van der Waals surface area contributed by atoms with Crippen molar-refractivity contribution in [3.63, 3.8) is 0 Å². The molecule has 5 nitrogen and oxygen atoms in total. The molecule has 1 heterocycles. The van der Waals surface area contributed by atoms with Crippen molar-refractivity contribution in [2.75, 3.05) is 5.32 Å². The lowest BCUT2D eigenvalue weighted by Crippen LogP contribution is -2.18. The van der Waals surface area contributed by atoms with E-state index in [1.165, 1.54) is 6.20 Å². The number of H-pyrrole nitrogens is 1. The second-order valence-corrected chi connectivity index (χ2v) is 4.75. The molecule has 0 atom stereocenters. The standard InChI is InChI=1S/C12H11ClN4OS/c13-8-3-1-2-7(4-8)5-10(18)16-12-9(11(14)19)6-15-17-12/h1-4,6H,5H2,(H2,14,19)(H2,15,16,17,18). The van der Waals surface area contributed by atoms with Crippen molar-refractivity contribution in [3.8, 4) is 0 Å². The summed E-state index contributed by atoms with van der Waals surface area (Å²) in [7, 11) is 0. The number of nitrogens with two attached hydrogens (primary N) is 1. The fourth-order valence-corrected chi connectivity index (χ4v) is 1.95. The van der Waals surface area contributed by atoms with E-state index >= 15 is 0 Å². The molecule has 0 saturated carbocycles. The Bertz CT molecular complexity index is 626. The molecule has 0 aliphatic carbocycles. The summed E-state index contributed by atoms with van der Waals surface area (Å²) in [6, 6.07) is 7.11. The quantitative estimate of drug-likeness (QED) is 0.752. The number of nitrogens with one attached hydrogen (secondary N) is 2. The number of nitrogens with zero attached hydrogens (tertiary/aromatic N) is 1. The molecule has 1 aromatic heterocycles. The number of carbonyl (C=O) groups excluding carboxylic acids is 1. The van der Waals surface area contributed by atoms with Gasteiger partial charge in [0, 0.05) is 5.02 Å². The highest BCUT2D eigenvalue weighted by molar-refractivity contribution is 7.80. The Balaban J connectivity index is 2.05. The number of hydrogen-bond donors (Lipinski definition) is 3. The minimum absolute atomic E-state index is 0.173. The van der Waals surface area contributed by atoms with E-state index in [9.17, 15) is 4.79 Å². The molecule has 19 heavy (non-hydrogen) atoms. The Morgan fingerprint density at radius 3 is 3.00 bits per heavy atom. The van der Waals surface area contributed by atoms with E-state index in [2.05, 4.69) is 15.5 Å². The minimum Gasteiger partial charge on any atom is -0.389 e. The largest absolute Gasteiger partial charge is 0.389 e. The lowest BCUT2D eigenvalue weighted by Gasteiger charge is -2.05. The average molecular weight is 295 g/mol. The van der Waals surface area contributed by atoms with Crippen molar-refractivity contribution in [1.29, 1.82) is 0 Å². The molecule has 0 bridgehead atoms. The van der Waals surface area contributed by atoms with Gasteiger partial charge in [-0.1, -0.05) is 36.0 Å². The first-order valence-corrected chi connectivity index (χ1v) is 6.22. The predicted octanol–water partition coefficient (Wildman–Crippen LogP) is 1.88. The number of carbonyl (C=O) groups is 1. The Kier molecular flexibility index (Phi) is 4.13. The zero-order valence-corrected chi connectivity index (χ0v) is 11.4. The highest BCUT2D eigenvalue weighted by Gasteiger charge is 2.11. The van der Waals surface area contributed by atoms with Crippen LogP contribution in [0.2, 0.25) is 5.02 Å². The van der Waals surface area contributed by atoms with Crippen molar-refractivity contribution in [1.82, 2.24) is 10.2 Å². The third-order valence-electron chi connectivity index (χ3n) is 2.42. The summed E-state index contributed by atoms with van der Waals surface area (Å²) in [4.78, 5) is 12.1. The summed E-state index contributed by atoms with van der Waals surface area (Å²) >= 11 is 10.7. The molecule has 2 rings (SSSR count). The van der Waals surface area contributed by atoms with Gasteiger partial charge in [0.2, 0.25) is 5.91 Å². The van der Waals surface area contributed by atoms with Crippen LogP contribution in [0.3, 0.4) is 0 Å². The van der Waals surface area contributed by atoms with E-state index in [4.69, 9.17) is 29.6 Å². The van der Waals surface area contributed by atoms with Crippen LogP contribution in [0.1, 0.15) is 11.1 Å². The summed E-state index contributed by atoms with van der Waals surface area (Å²) in [5.41, 5.74) is 6.84. The van der Waals surface area contributed by atoms with Gasteiger partial charge in [0.15, 0.2) is 0 Å². The van der Waals surface area contributed by atoms with Gasteiger partial charge in [0.05, 0.1) is 18.2 Å². The lowest BCUT2D eigenvalue weighted by atomic mass is 10.1. The Morgan fingerprint density at radius 2 is 2.32 bits per heavy atom. The summed E-state index contributed by atoms with van der Waals surface area (Å²) in [5.74, 6) is 0.198. The Hall–Kier alpha value is -1.92. The number of aromatic amines is 1. The molecule has 2 aromatic rings. The molecule has 4 N–H and O–H groups in total. The maximum absolute atomic E-state index is 11.9. The van der Waals surface area contributed by atoms with Gasteiger partial charge in [-0.25, -0.2) is 0 Å². The molecule has 1 amide bonds. The van der Waals surface area contributed by atoms with Crippen molar-refractivity contribution in [3.05, 3.63) is 46.6 Å². The lowest BCUT2D eigenvalue weighted by molar-refractivity contribution is -0.115. The van der Waals surface area contributed by atoms with Gasteiger partial charge >= 0.3 is 0 Å². The molecule has 0 fully saturated rings.